The van der Waals surface area contributed by atoms with Crippen LogP contribution in [0.1, 0.15) is 27.7 Å². The number of aliphatic hydroxyl groups excluding tert-OH is 1. The second-order valence-corrected chi connectivity index (χ2v) is 5.66. The molecule has 0 aromatic carbocycles. The van der Waals surface area contributed by atoms with E-state index in [-0.39, 0.29) is 12.5 Å². The molecule has 1 aliphatic rings. The van der Waals surface area contributed by atoms with E-state index in [1.54, 1.807) is 27.7 Å². The van der Waals surface area contributed by atoms with Gasteiger partial charge in [-0.2, -0.15) is 14.7 Å². The molecular weight excluding hydrogens is 320 g/mol. The Morgan fingerprint density at radius 3 is 1.79 bits per heavy atom. The van der Waals surface area contributed by atoms with Crippen LogP contribution in [-0.2, 0) is 34.1 Å². The van der Waals surface area contributed by atoms with E-state index in [9.17, 15) is 5.11 Å². The summed E-state index contributed by atoms with van der Waals surface area (Å²) in [4.78, 5) is 30.9. The Kier molecular flexibility index (Phi) is 8.23. The van der Waals surface area contributed by atoms with Gasteiger partial charge in [-0.05, 0) is 20.8 Å². The molecule has 0 spiro atoms. The highest BCUT2D eigenvalue weighted by atomic mass is 17.3. The molecule has 138 valence electrons. The van der Waals surface area contributed by atoms with Crippen LogP contribution in [0.3, 0.4) is 0 Å². The molecular formula is C16H26O8. The third-order valence-electron chi connectivity index (χ3n) is 3.07. The normalized spacial score (nSPS) is 29.6. The Labute approximate surface area is 142 Å². The maximum atomic E-state index is 9.52. The van der Waals surface area contributed by atoms with Crippen LogP contribution in [0.15, 0.2) is 37.0 Å². The summed E-state index contributed by atoms with van der Waals surface area (Å²) in [5.74, 6) is 0.682. The van der Waals surface area contributed by atoms with Crippen molar-refractivity contribution in [3.63, 3.8) is 0 Å². The van der Waals surface area contributed by atoms with Crippen LogP contribution in [0.2, 0.25) is 0 Å². The lowest BCUT2D eigenvalue weighted by atomic mass is 9.91. The molecule has 1 heterocycles. The topological polar surface area (TPSA) is 84.8 Å². The molecule has 1 rings (SSSR count). The Morgan fingerprint density at radius 2 is 1.33 bits per heavy atom. The van der Waals surface area contributed by atoms with Crippen LogP contribution >= 0.6 is 0 Å². The summed E-state index contributed by atoms with van der Waals surface area (Å²) in [7, 11) is 0. The molecule has 0 saturated carbocycles. The monoisotopic (exact) mass is 346 g/mol. The standard InChI is InChI=1S/C16H26O8/c1-9(2)19-22-14-12(7)13(8-17)18-16(24-21-11(5)6)15(14)23-20-10(3)4/h12-17H,1,3,5,8H2,2,4,6-7H3. The number of hydrogen-bond acceptors (Lipinski definition) is 8. The molecule has 24 heavy (non-hydrogen) atoms. The summed E-state index contributed by atoms with van der Waals surface area (Å²) in [6, 6.07) is 0. The zero-order valence-corrected chi connectivity index (χ0v) is 14.5. The number of aliphatic hydroxyl groups is 1. The van der Waals surface area contributed by atoms with Crippen molar-refractivity contribution in [2.45, 2.75) is 52.3 Å². The smallest absolute Gasteiger partial charge is 0.236 e. The van der Waals surface area contributed by atoms with Crippen LogP contribution in [0.25, 0.3) is 0 Å². The Balaban J connectivity index is 2.95. The van der Waals surface area contributed by atoms with Crippen molar-refractivity contribution in [3.8, 4) is 0 Å². The zero-order valence-electron chi connectivity index (χ0n) is 14.5. The molecule has 0 bridgehead atoms. The van der Waals surface area contributed by atoms with Gasteiger partial charge in [-0.25, -0.2) is 0 Å². The molecule has 1 N–H and O–H groups in total. The van der Waals surface area contributed by atoms with Gasteiger partial charge < -0.3 is 24.5 Å². The van der Waals surface area contributed by atoms with Gasteiger partial charge in [0.15, 0.2) is 6.10 Å². The van der Waals surface area contributed by atoms with Crippen LogP contribution in [0.4, 0.5) is 0 Å². The van der Waals surface area contributed by atoms with Crippen molar-refractivity contribution in [1.29, 1.82) is 0 Å². The summed E-state index contributed by atoms with van der Waals surface area (Å²) >= 11 is 0. The summed E-state index contributed by atoms with van der Waals surface area (Å²) in [6.07, 6.45) is -3.25. The SMILES string of the molecule is C=C(C)OOC1OC(CO)C(C)C(OOC(=C)C)C1OOC(=C)C. The van der Waals surface area contributed by atoms with E-state index in [1.807, 2.05) is 0 Å². The van der Waals surface area contributed by atoms with Gasteiger partial charge >= 0.3 is 0 Å². The summed E-state index contributed by atoms with van der Waals surface area (Å²) in [6.45, 7) is 17.2. The van der Waals surface area contributed by atoms with Crippen LogP contribution in [0.5, 0.6) is 0 Å². The van der Waals surface area contributed by atoms with Gasteiger partial charge in [0, 0.05) is 5.92 Å². The lowest BCUT2D eigenvalue weighted by molar-refractivity contribution is -0.469. The highest BCUT2D eigenvalue weighted by Gasteiger charge is 2.49. The third-order valence-corrected chi connectivity index (χ3v) is 3.07. The summed E-state index contributed by atoms with van der Waals surface area (Å²) in [5.41, 5.74) is 0. The molecule has 0 aromatic heterocycles. The fourth-order valence-corrected chi connectivity index (χ4v) is 1.97. The first kappa shape index (κ1) is 20.5. The fourth-order valence-electron chi connectivity index (χ4n) is 1.97. The van der Waals surface area contributed by atoms with Crippen LogP contribution < -0.4 is 0 Å². The molecule has 8 nitrogen and oxygen atoms in total. The Hall–Kier alpha value is -1.58. The molecule has 1 saturated heterocycles. The molecule has 0 radical (unpaired) electrons. The van der Waals surface area contributed by atoms with Crippen LogP contribution in [-0.4, -0.2) is 36.3 Å². The number of ether oxygens (including phenoxy) is 1. The predicted octanol–water partition coefficient (Wildman–Crippen LogP) is 2.52. The van der Waals surface area contributed by atoms with E-state index in [0.717, 1.165) is 0 Å². The first-order chi connectivity index (χ1) is 11.3. The van der Waals surface area contributed by atoms with Crippen molar-refractivity contribution in [2.24, 2.45) is 5.92 Å². The van der Waals surface area contributed by atoms with E-state index in [0.29, 0.717) is 17.3 Å². The van der Waals surface area contributed by atoms with Gasteiger partial charge in [0.1, 0.15) is 23.4 Å². The lowest BCUT2D eigenvalue weighted by Crippen LogP contribution is -2.57. The molecule has 1 fully saturated rings. The van der Waals surface area contributed by atoms with E-state index in [2.05, 4.69) is 19.7 Å². The first-order valence-corrected chi connectivity index (χ1v) is 7.49. The van der Waals surface area contributed by atoms with Crippen molar-refractivity contribution >= 4 is 0 Å². The van der Waals surface area contributed by atoms with Crippen molar-refractivity contribution in [3.05, 3.63) is 37.0 Å². The lowest BCUT2D eigenvalue weighted by Gasteiger charge is -2.41. The second kappa shape index (κ2) is 9.65. The minimum absolute atomic E-state index is 0.255. The van der Waals surface area contributed by atoms with E-state index in [4.69, 9.17) is 34.1 Å². The van der Waals surface area contributed by atoms with Gasteiger partial charge in [-0.1, -0.05) is 26.7 Å². The quantitative estimate of drug-likeness (QED) is 0.367. The largest absolute Gasteiger partial charge is 0.394 e. The molecule has 5 unspecified atom stereocenters. The number of allylic oxidation sites excluding steroid dienone is 3. The molecule has 5 atom stereocenters. The maximum Gasteiger partial charge on any atom is 0.236 e. The van der Waals surface area contributed by atoms with Gasteiger partial charge in [0.05, 0.1) is 12.7 Å². The third kappa shape index (κ3) is 6.14. The molecule has 0 aromatic rings. The van der Waals surface area contributed by atoms with Crippen molar-refractivity contribution in [1.82, 2.24) is 0 Å². The van der Waals surface area contributed by atoms with E-state index < -0.39 is 24.6 Å². The number of hydrogen-bond donors (Lipinski definition) is 1. The average molecular weight is 346 g/mol. The molecule has 8 heteroatoms. The molecule has 0 aliphatic carbocycles. The van der Waals surface area contributed by atoms with Crippen molar-refractivity contribution in [2.75, 3.05) is 6.61 Å². The summed E-state index contributed by atoms with van der Waals surface area (Å²) < 4.78 is 5.65. The first-order valence-electron chi connectivity index (χ1n) is 7.49. The Bertz CT molecular complexity index is 449. The minimum Gasteiger partial charge on any atom is -0.394 e. The highest BCUT2D eigenvalue weighted by Crippen LogP contribution is 2.32. The predicted molar refractivity (Wildman–Crippen MR) is 83.4 cm³/mol. The molecule has 1 aliphatic heterocycles. The highest BCUT2D eigenvalue weighted by molar-refractivity contribution is 4.88. The van der Waals surface area contributed by atoms with Gasteiger partial charge in [-0.3, -0.25) is 0 Å². The zero-order chi connectivity index (χ0) is 18.3. The maximum absolute atomic E-state index is 9.52. The van der Waals surface area contributed by atoms with Gasteiger partial charge in [0.2, 0.25) is 6.29 Å². The van der Waals surface area contributed by atoms with Gasteiger partial charge in [-0.15, -0.1) is 0 Å². The number of rotatable bonds is 10. The van der Waals surface area contributed by atoms with Crippen molar-refractivity contribution < 1.29 is 39.2 Å². The van der Waals surface area contributed by atoms with E-state index in [1.165, 1.54) is 0 Å². The van der Waals surface area contributed by atoms with Crippen LogP contribution in [0, 0.1) is 5.92 Å². The average Bonchev–Trinajstić information content (AvgIpc) is 2.50. The fraction of sp³-hybridized carbons (Fsp3) is 0.625. The van der Waals surface area contributed by atoms with Gasteiger partial charge in [0.25, 0.3) is 0 Å². The Morgan fingerprint density at radius 1 is 0.875 bits per heavy atom. The minimum atomic E-state index is -1.06. The molecule has 0 amide bonds. The second-order valence-electron chi connectivity index (χ2n) is 5.66. The summed E-state index contributed by atoms with van der Waals surface area (Å²) in [5, 5.41) is 9.52. The van der Waals surface area contributed by atoms with E-state index >= 15 is 0 Å².